The highest BCUT2D eigenvalue weighted by atomic mass is 16.5. The fourth-order valence-electron chi connectivity index (χ4n) is 2.35. The summed E-state index contributed by atoms with van der Waals surface area (Å²) in [6, 6.07) is 15.1. The molecule has 94 valence electrons. The lowest BCUT2D eigenvalue weighted by molar-refractivity contribution is 0.0598. The van der Waals surface area contributed by atoms with Gasteiger partial charge in [0.15, 0.2) is 0 Å². The summed E-state index contributed by atoms with van der Waals surface area (Å²) in [5.41, 5.74) is 0.185. The molecule has 0 amide bonds. The maximum Gasteiger partial charge on any atom is 0.341 e. The minimum Gasteiger partial charge on any atom is -0.506 e. The molecule has 0 radical (unpaired) electrons. The van der Waals surface area contributed by atoms with Crippen LogP contribution in [-0.2, 0) is 4.74 Å². The maximum absolute atomic E-state index is 11.6. The maximum atomic E-state index is 11.6. The summed E-state index contributed by atoms with van der Waals surface area (Å²) in [4.78, 5) is 11.6. The molecule has 0 bridgehead atoms. The number of hydrogen-bond donors (Lipinski definition) is 1. The van der Waals surface area contributed by atoms with Gasteiger partial charge in [0.1, 0.15) is 11.3 Å². The molecule has 0 aliphatic carbocycles. The Hall–Kier alpha value is -2.55. The summed E-state index contributed by atoms with van der Waals surface area (Å²) in [6.45, 7) is 0. The molecule has 3 aromatic carbocycles. The van der Waals surface area contributed by atoms with E-state index in [1.54, 1.807) is 6.07 Å². The number of carbonyl (C=O) groups excluding carboxylic acids is 1. The van der Waals surface area contributed by atoms with Crippen LogP contribution >= 0.6 is 0 Å². The van der Waals surface area contributed by atoms with Gasteiger partial charge in [0.2, 0.25) is 0 Å². The minimum atomic E-state index is -0.535. The number of esters is 1. The molecule has 0 aliphatic rings. The number of phenols is 1. The van der Waals surface area contributed by atoms with Crippen LogP contribution in [0.1, 0.15) is 10.4 Å². The first-order valence-electron chi connectivity index (χ1n) is 5.94. The van der Waals surface area contributed by atoms with Crippen LogP contribution in [0, 0.1) is 0 Å². The molecule has 0 heterocycles. The van der Waals surface area contributed by atoms with Crippen molar-refractivity contribution in [1.29, 1.82) is 0 Å². The highest BCUT2D eigenvalue weighted by molar-refractivity contribution is 6.12. The first-order chi connectivity index (χ1) is 9.22. The lowest BCUT2D eigenvalue weighted by Gasteiger charge is -2.08. The summed E-state index contributed by atoms with van der Waals surface area (Å²) >= 11 is 0. The highest BCUT2D eigenvalue weighted by Gasteiger charge is 2.14. The van der Waals surface area contributed by atoms with Crippen LogP contribution in [-0.4, -0.2) is 18.2 Å². The molecular formula is C16H12O3. The summed E-state index contributed by atoms with van der Waals surface area (Å²) < 4.78 is 4.65. The quantitative estimate of drug-likeness (QED) is 0.532. The van der Waals surface area contributed by atoms with Crippen LogP contribution < -0.4 is 0 Å². The zero-order valence-electron chi connectivity index (χ0n) is 10.4. The van der Waals surface area contributed by atoms with Crippen molar-refractivity contribution in [2.24, 2.45) is 0 Å². The van der Waals surface area contributed by atoms with E-state index in [9.17, 15) is 9.90 Å². The Balaban J connectivity index is 2.39. The number of carbonyl (C=O) groups is 1. The average molecular weight is 252 g/mol. The number of methoxy groups -OCH3 is 1. The van der Waals surface area contributed by atoms with Crippen molar-refractivity contribution < 1.29 is 14.6 Å². The molecule has 1 N–H and O–H groups in total. The predicted molar refractivity (Wildman–Crippen MR) is 74.5 cm³/mol. The van der Waals surface area contributed by atoms with Gasteiger partial charge >= 0.3 is 5.97 Å². The Morgan fingerprint density at radius 1 is 0.947 bits per heavy atom. The van der Waals surface area contributed by atoms with Crippen LogP contribution in [0.2, 0.25) is 0 Å². The molecule has 3 rings (SSSR count). The molecule has 0 atom stereocenters. The van der Waals surface area contributed by atoms with Gasteiger partial charge in [-0.1, -0.05) is 36.4 Å². The molecule has 0 saturated carbocycles. The molecule has 0 spiro atoms. The number of ether oxygens (including phenoxy) is 1. The number of aromatic hydroxyl groups is 1. The molecule has 3 nitrogen and oxygen atoms in total. The largest absolute Gasteiger partial charge is 0.506 e. The Morgan fingerprint density at radius 3 is 2.47 bits per heavy atom. The Morgan fingerprint density at radius 2 is 1.68 bits per heavy atom. The molecule has 19 heavy (non-hydrogen) atoms. The summed E-state index contributed by atoms with van der Waals surface area (Å²) in [6.07, 6.45) is 0. The van der Waals surface area contributed by atoms with Crippen LogP contribution in [0.5, 0.6) is 5.75 Å². The lowest BCUT2D eigenvalue weighted by atomic mass is 9.99. The van der Waals surface area contributed by atoms with Gasteiger partial charge in [-0.05, 0) is 28.3 Å². The van der Waals surface area contributed by atoms with Crippen LogP contribution in [0.4, 0.5) is 0 Å². The number of hydrogen-bond acceptors (Lipinski definition) is 3. The van der Waals surface area contributed by atoms with Gasteiger partial charge < -0.3 is 9.84 Å². The Bertz CT molecular complexity index is 790. The third-order valence-corrected chi connectivity index (χ3v) is 3.30. The number of fused-ring (bicyclic) bond motifs is 3. The molecule has 0 unspecified atom stereocenters. The topological polar surface area (TPSA) is 46.5 Å². The summed E-state index contributed by atoms with van der Waals surface area (Å²) in [7, 11) is 1.30. The van der Waals surface area contributed by atoms with E-state index in [0.717, 1.165) is 16.2 Å². The van der Waals surface area contributed by atoms with Crippen LogP contribution in [0.3, 0.4) is 0 Å². The van der Waals surface area contributed by atoms with Crippen molar-refractivity contribution in [3.63, 3.8) is 0 Å². The van der Waals surface area contributed by atoms with Crippen molar-refractivity contribution in [3.05, 3.63) is 54.1 Å². The van der Waals surface area contributed by atoms with Crippen molar-refractivity contribution in [2.45, 2.75) is 0 Å². The van der Waals surface area contributed by atoms with Crippen LogP contribution in [0.15, 0.2) is 48.5 Å². The Kier molecular flexibility index (Phi) is 2.60. The van der Waals surface area contributed by atoms with Crippen molar-refractivity contribution in [3.8, 4) is 5.75 Å². The van der Waals surface area contributed by atoms with E-state index >= 15 is 0 Å². The van der Waals surface area contributed by atoms with Gasteiger partial charge in [-0.15, -0.1) is 0 Å². The fraction of sp³-hybridized carbons (Fsp3) is 0.0625. The van der Waals surface area contributed by atoms with Crippen molar-refractivity contribution in [2.75, 3.05) is 7.11 Å². The smallest absolute Gasteiger partial charge is 0.341 e. The van der Waals surface area contributed by atoms with E-state index < -0.39 is 5.97 Å². The zero-order chi connectivity index (χ0) is 13.4. The van der Waals surface area contributed by atoms with E-state index in [4.69, 9.17) is 0 Å². The van der Waals surface area contributed by atoms with Crippen LogP contribution in [0.25, 0.3) is 21.5 Å². The van der Waals surface area contributed by atoms with E-state index in [0.29, 0.717) is 5.39 Å². The van der Waals surface area contributed by atoms with Gasteiger partial charge in [-0.2, -0.15) is 0 Å². The molecule has 0 aromatic heterocycles. The predicted octanol–water partition coefficient (Wildman–Crippen LogP) is 3.49. The van der Waals surface area contributed by atoms with E-state index in [1.165, 1.54) is 7.11 Å². The molecule has 0 fully saturated rings. The van der Waals surface area contributed by atoms with Gasteiger partial charge in [-0.25, -0.2) is 4.79 Å². The minimum absolute atomic E-state index is 0.0323. The number of rotatable bonds is 1. The summed E-state index contributed by atoms with van der Waals surface area (Å²) in [5.74, 6) is -0.567. The molecule has 3 aromatic rings. The molecular weight excluding hydrogens is 240 g/mol. The first-order valence-corrected chi connectivity index (χ1v) is 5.94. The third kappa shape index (κ3) is 1.71. The standard InChI is InChI=1S/C16H12O3/c1-19-16(18)14-9-8-12-11-5-3-2-4-10(11)6-7-13(12)15(14)17/h2-9,17H,1H3. The lowest BCUT2D eigenvalue weighted by Crippen LogP contribution is -2.01. The first kappa shape index (κ1) is 11.5. The zero-order valence-corrected chi connectivity index (χ0v) is 10.4. The van der Waals surface area contributed by atoms with Gasteiger partial charge in [0.25, 0.3) is 0 Å². The number of phenolic OH excluding ortho intramolecular Hbond substituents is 1. The van der Waals surface area contributed by atoms with Crippen molar-refractivity contribution in [1.82, 2.24) is 0 Å². The van der Waals surface area contributed by atoms with E-state index in [-0.39, 0.29) is 11.3 Å². The molecule has 3 heteroatoms. The SMILES string of the molecule is COC(=O)c1ccc2c(ccc3ccccc32)c1O. The second-order valence-corrected chi connectivity index (χ2v) is 4.34. The monoisotopic (exact) mass is 252 g/mol. The summed E-state index contributed by atoms with van der Waals surface area (Å²) in [5, 5.41) is 13.9. The third-order valence-electron chi connectivity index (χ3n) is 3.30. The fourth-order valence-corrected chi connectivity index (χ4v) is 2.35. The van der Waals surface area contributed by atoms with Crippen molar-refractivity contribution >= 4 is 27.5 Å². The second kappa shape index (κ2) is 4.28. The van der Waals surface area contributed by atoms with Gasteiger partial charge in [0.05, 0.1) is 7.11 Å². The number of benzene rings is 3. The second-order valence-electron chi connectivity index (χ2n) is 4.34. The molecule has 0 aliphatic heterocycles. The Labute approximate surface area is 110 Å². The average Bonchev–Trinajstić information content (AvgIpc) is 2.46. The normalized spacial score (nSPS) is 10.8. The highest BCUT2D eigenvalue weighted by Crippen LogP contribution is 2.33. The molecule has 0 saturated heterocycles. The van der Waals surface area contributed by atoms with Gasteiger partial charge in [-0.3, -0.25) is 0 Å². The van der Waals surface area contributed by atoms with E-state index in [1.807, 2.05) is 42.5 Å². The van der Waals surface area contributed by atoms with E-state index in [2.05, 4.69) is 4.74 Å². The van der Waals surface area contributed by atoms with Gasteiger partial charge in [0, 0.05) is 5.39 Å².